The molecule has 7 rings (SSSR count). The van der Waals surface area contributed by atoms with Crippen molar-refractivity contribution in [3.05, 3.63) is 120 Å². The maximum atomic E-state index is 15.1. The van der Waals surface area contributed by atoms with Gasteiger partial charge in [-0.25, -0.2) is 0 Å². The van der Waals surface area contributed by atoms with Crippen LogP contribution in [0.4, 0.5) is 11.4 Å². The Kier molecular flexibility index (Phi) is 7.89. The summed E-state index contributed by atoms with van der Waals surface area (Å²) in [5, 5.41) is 10.9. The molecule has 0 radical (unpaired) electrons. The van der Waals surface area contributed by atoms with Gasteiger partial charge in [0.2, 0.25) is 11.8 Å². The van der Waals surface area contributed by atoms with Crippen molar-refractivity contribution in [1.29, 1.82) is 0 Å². The molecule has 3 aromatic rings. The molecule has 47 heavy (non-hydrogen) atoms. The molecule has 242 valence electrons. The van der Waals surface area contributed by atoms with Crippen LogP contribution in [0.25, 0.3) is 0 Å². The van der Waals surface area contributed by atoms with Crippen LogP contribution < -0.4 is 9.80 Å². The van der Waals surface area contributed by atoms with Gasteiger partial charge in [0.1, 0.15) is 11.6 Å². The van der Waals surface area contributed by atoms with E-state index in [4.69, 9.17) is 4.74 Å². The fourth-order valence-corrected chi connectivity index (χ4v) is 8.50. The summed E-state index contributed by atoms with van der Waals surface area (Å²) in [5.74, 6) is -2.69. The Morgan fingerprint density at radius 2 is 1.43 bits per heavy atom. The first kappa shape index (κ1) is 31.1. The van der Waals surface area contributed by atoms with Crippen molar-refractivity contribution in [2.45, 2.75) is 56.9 Å². The van der Waals surface area contributed by atoms with Gasteiger partial charge in [-0.3, -0.25) is 14.4 Å². The van der Waals surface area contributed by atoms with Crippen molar-refractivity contribution >= 4 is 29.1 Å². The zero-order chi connectivity index (χ0) is 32.9. The molecule has 4 heterocycles. The first-order chi connectivity index (χ1) is 22.8. The number of ether oxygens (including phenoxy) is 1. The van der Waals surface area contributed by atoms with Gasteiger partial charge in [0.15, 0.2) is 0 Å². The molecule has 8 heteroatoms. The summed E-state index contributed by atoms with van der Waals surface area (Å²) in [6.45, 7) is 6.19. The Morgan fingerprint density at radius 3 is 2.09 bits per heavy atom. The maximum Gasteiger partial charge on any atom is 0.253 e. The topological polar surface area (TPSA) is 90.4 Å². The van der Waals surface area contributed by atoms with Gasteiger partial charge in [0, 0.05) is 24.5 Å². The van der Waals surface area contributed by atoms with Gasteiger partial charge in [-0.05, 0) is 55.5 Å². The van der Waals surface area contributed by atoms with Crippen molar-refractivity contribution in [2.24, 2.45) is 11.8 Å². The van der Waals surface area contributed by atoms with Gasteiger partial charge in [0.25, 0.3) is 5.91 Å². The number of likely N-dealkylation sites (tertiary alicyclic amines) is 1. The molecule has 6 atom stereocenters. The Morgan fingerprint density at radius 1 is 0.787 bits per heavy atom. The molecule has 1 spiro atoms. The highest BCUT2D eigenvalue weighted by Gasteiger charge is 2.76. The summed E-state index contributed by atoms with van der Waals surface area (Å²) in [6.07, 6.45) is 8.47. The third-order valence-electron chi connectivity index (χ3n) is 10.6. The summed E-state index contributed by atoms with van der Waals surface area (Å²) >= 11 is 0. The average molecular weight is 632 g/mol. The number of nitrogens with zero attached hydrogens (tertiary/aromatic N) is 3. The molecule has 1 unspecified atom stereocenters. The summed E-state index contributed by atoms with van der Waals surface area (Å²) in [7, 11) is 0. The van der Waals surface area contributed by atoms with E-state index in [9.17, 15) is 9.90 Å². The fraction of sp³-hybridized carbons (Fsp3) is 0.359. The average Bonchev–Trinajstić information content (AvgIpc) is 3.38. The van der Waals surface area contributed by atoms with Crippen molar-refractivity contribution in [3.8, 4) is 0 Å². The first-order valence-electron chi connectivity index (χ1n) is 16.5. The lowest BCUT2D eigenvalue weighted by atomic mass is 9.73. The van der Waals surface area contributed by atoms with Gasteiger partial charge >= 0.3 is 0 Å². The summed E-state index contributed by atoms with van der Waals surface area (Å²) in [5.41, 5.74) is 1.82. The zero-order valence-corrected chi connectivity index (χ0v) is 27.1. The molecule has 2 fully saturated rings. The van der Waals surface area contributed by atoms with Crippen LogP contribution in [0.2, 0.25) is 0 Å². The molecule has 3 aromatic carbocycles. The number of benzene rings is 3. The Hall–Kier alpha value is -4.53. The van der Waals surface area contributed by atoms with E-state index in [-0.39, 0.29) is 30.9 Å². The van der Waals surface area contributed by atoms with Gasteiger partial charge in [-0.15, -0.1) is 0 Å². The van der Waals surface area contributed by atoms with Gasteiger partial charge in [0.05, 0.1) is 30.1 Å². The van der Waals surface area contributed by atoms with Gasteiger partial charge in [-0.2, -0.15) is 0 Å². The molecule has 0 aliphatic carbocycles. The van der Waals surface area contributed by atoms with Crippen molar-refractivity contribution in [1.82, 2.24) is 4.90 Å². The fourth-order valence-electron chi connectivity index (χ4n) is 8.50. The number of hydrogen-bond acceptors (Lipinski definition) is 5. The third kappa shape index (κ3) is 4.76. The van der Waals surface area contributed by atoms with E-state index < -0.39 is 35.1 Å². The minimum Gasteiger partial charge on any atom is -0.394 e. The number of fused-ring (bicyclic) bond motifs is 2. The molecule has 4 aliphatic rings. The second-order valence-electron chi connectivity index (χ2n) is 13.2. The molecular weight excluding hydrogens is 590 g/mol. The van der Waals surface area contributed by atoms with E-state index in [1.807, 2.05) is 124 Å². The van der Waals surface area contributed by atoms with E-state index in [1.54, 1.807) is 14.7 Å². The number of amides is 3. The second kappa shape index (κ2) is 11.9. The van der Waals surface area contributed by atoms with Crippen molar-refractivity contribution < 1.29 is 24.2 Å². The van der Waals surface area contributed by atoms with Crippen LogP contribution >= 0.6 is 0 Å². The number of carbonyl (C=O) groups excluding carboxylic acids is 3. The number of aryl methyl sites for hydroxylation is 2. The van der Waals surface area contributed by atoms with E-state index in [0.717, 1.165) is 28.1 Å². The van der Waals surface area contributed by atoms with Crippen LogP contribution in [0.1, 0.15) is 30.0 Å². The van der Waals surface area contributed by atoms with Crippen molar-refractivity contribution in [3.63, 3.8) is 0 Å². The van der Waals surface area contributed by atoms with Crippen LogP contribution in [0.3, 0.4) is 0 Å². The summed E-state index contributed by atoms with van der Waals surface area (Å²) in [6, 6.07) is 23.2. The monoisotopic (exact) mass is 631 g/mol. The molecule has 2 saturated heterocycles. The molecule has 4 aliphatic heterocycles. The van der Waals surface area contributed by atoms with Gasteiger partial charge in [-0.1, -0.05) is 98.0 Å². The molecular formula is C39H41N3O5. The number of carbonyl (C=O) groups is 3. The van der Waals surface area contributed by atoms with E-state index in [0.29, 0.717) is 19.4 Å². The third-order valence-corrected chi connectivity index (χ3v) is 10.6. The smallest absolute Gasteiger partial charge is 0.253 e. The van der Waals surface area contributed by atoms with Crippen LogP contribution in [-0.4, -0.2) is 70.7 Å². The number of rotatable bonds is 7. The number of aliphatic hydroxyl groups is 1. The number of para-hydroxylation sites is 2. The van der Waals surface area contributed by atoms with Crippen LogP contribution in [0.5, 0.6) is 0 Å². The van der Waals surface area contributed by atoms with E-state index in [1.165, 1.54) is 0 Å². The molecule has 1 N–H and O–H groups in total. The minimum atomic E-state index is -1.43. The summed E-state index contributed by atoms with van der Waals surface area (Å²) in [4.78, 5) is 50.1. The normalized spacial score (nSPS) is 29.0. The highest BCUT2D eigenvalue weighted by atomic mass is 16.5. The molecule has 8 nitrogen and oxygen atoms in total. The largest absolute Gasteiger partial charge is 0.394 e. The number of anilines is 2. The summed E-state index contributed by atoms with van der Waals surface area (Å²) < 4.78 is 7.18. The van der Waals surface area contributed by atoms with E-state index in [2.05, 4.69) is 0 Å². The minimum absolute atomic E-state index is 0.209. The Bertz CT molecular complexity index is 1740. The molecule has 0 saturated carbocycles. The SMILES string of the molecule is CC[C@@]12C=CCN(c3ccccc3)C(=O)[C@@H]1[C@H]1C(=O)N([C@@H](CO)Cc3ccccc3)C3C(=O)N(c4c(C)cccc4C)CC=C[C@@]31O2. The van der Waals surface area contributed by atoms with Gasteiger partial charge < -0.3 is 24.5 Å². The van der Waals surface area contributed by atoms with Crippen molar-refractivity contribution in [2.75, 3.05) is 29.5 Å². The van der Waals surface area contributed by atoms with E-state index >= 15 is 9.59 Å². The number of hydrogen-bond donors (Lipinski definition) is 1. The zero-order valence-electron chi connectivity index (χ0n) is 27.1. The predicted molar refractivity (Wildman–Crippen MR) is 181 cm³/mol. The predicted octanol–water partition coefficient (Wildman–Crippen LogP) is 4.77. The molecule has 3 amide bonds. The van der Waals surface area contributed by atoms with Crippen LogP contribution in [-0.2, 0) is 25.5 Å². The maximum absolute atomic E-state index is 15.1. The highest BCUT2D eigenvalue weighted by Crippen LogP contribution is 2.59. The molecule has 0 aromatic heterocycles. The van der Waals surface area contributed by atoms with Crippen LogP contribution in [0.15, 0.2) is 103 Å². The lowest BCUT2D eigenvalue weighted by Crippen LogP contribution is -2.59. The Balaban J connectivity index is 1.40. The molecule has 0 bridgehead atoms. The first-order valence-corrected chi connectivity index (χ1v) is 16.5. The standard InChI is InChI=1S/C39H41N3O5/c1-4-38-20-12-22-40(29-18-9-6-10-19-29)35(44)31(38)32-36(45)42(30(25-43)24-28-16-7-5-8-17-28)34-37(46)41(23-13-21-39(32,34)47-38)33-26(2)14-11-15-27(33)3/h5-21,30-32,34,43H,4,22-25H2,1-3H3/t30-,31+,32+,34?,38-,39+/m1/s1. The Labute approximate surface area is 275 Å². The van der Waals surface area contributed by atoms with Crippen LogP contribution in [0, 0.1) is 25.7 Å². The second-order valence-corrected chi connectivity index (χ2v) is 13.2. The number of aliphatic hydroxyl groups excluding tert-OH is 1. The highest BCUT2D eigenvalue weighted by molar-refractivity contribution is 6.08. The quantitative estimate of drug-likeness (QED) is 0.380. The lowest BCUT2D eigenvalue weighted by molar-refractivity contribution is -0.149. The lowest BCUT2D eigenvalue weighted by Gasteiger charge is -2.41.